The highest BCUT2D eigenvalue weighted by atomic mass is 19.4. The van der Waals surface area contributed by atoms with Gasteiger partial charge in [0.2, 0.25) is 0 Å². The van der Waals surface area contributed by atoms with Crippen molar-refractivity contribution in [2.45, 2.75) is 38.5 Å². The van der Waals surface area contributed by atoms with Gasteiger partial charge in [-0.2, -0.15) is 18.3 Å². The van der Waals surface area contributed by atoms with Crippen molar-refractivity contribution in [3.63, 3.8) is 0 Å². The van der Waals surface area contributed by atoms with E-state index in [9.17, 15) is 18.0 Å². The van der Waals surface area contributed by atoms with E-state index in [1.807, 2.05) is 24.3 Å². The lowest BCUT2D eigenvalue weighted by Crippen LogP contribution is -2.29. The molecule has 8 heteroatoms. The Bertz CT molecular complexity index is 1040. The van der Waals surface area contributed by atoms with Crippen molar-refractivity contribution < 1.29 is 18.0 Å². The van der Waals surface area contributed by atoms with Crippen molar-refractivity contribution in [2.75, 3.05) is 13.1 Å². The second-order valence-electron chi connectivity index (χ2n) is 7.99. The van der Waals surface area contributed by atoms with Crippen LogP contribution in [0.5, 0.6) is 0 Å². The lowest BCUT2D eigenvalue weighted by atomic mass is 10.1. The number of nitrogens with zero attached hydrogens (tertiary/aromatic N) is 3. The van der Waals surface area contributed by atoms with Gasteiger partial charge in [-0.15, -0.1) is 0 Å². The molecule has 2 heterocycles. The van der Waals surface area contributed by atoms with Gasteiger partial charge in [0.15, 0.2) is 5.69 Å². The third-order valence-corrected chi connectivity index (χ3v) is 5.61. The molecule has 2 aromatic carbocycles. The van der Waals surface area contributed by atoms with Crippen LogP contribution in [-0.2, 0) is 19.3 Å². The fourth-order valence-electron chi connectivity index (χ4n) is 3.97. The van der Waals surface area contributed by atoms with Gasteiger partial charge in [-0.1, -0.05) is 48.9 Å². The summed E-state index contributed by atoms with van der Waals surface area (Å²) in [6.45, 7) is 3.24. The van der Waals surface area contributed by atoms with Crippen LogP contribution >= 0.6 is 0 Å². The number of rotatable bonds is 6. The lowest BCUT2D eigenvalue weighted by molar-refractivity contribution is -0.143. The average molecular weight is 442 g/mol. The summed E-state index contributed by atoms with van der Waals surface area (Å²) in [7, 11) is 0. The van der Waals surface area contributed by atoms with E-state index in [0.717, 1.165) is 36.1 Å². The summed E-state index contributed by atoms with van der Waals surface area (Å²) < 4.78 is 42.0. The zero-order valence-electron chi connectivity index (χ0n) is 17.6. The smallest absolute Gasteiger partial charge is 0.348 e. The van der Waals surface area contributed by atoms with Gasteiger partial charge in [-0.3, -0.25) is 9.69 Å². The Kier molecular flexibility index (Phi) is 6.60. The number of nitrogens with one attached hydrogen (secondary N) is 1. The molecule has 3 aromatic rings. The molecule has 0 saturated carbocycles. The quantitative estimate of drug-likeness (QED) is 0.596. The van der Waals surface area contributed by atoms with Crippen LogP contribution in [-0.4, -0.2) is 33.7 Å². The Hall–Kier alpha value is -3.13. The normalized spacial score (nSPS) is 15.0. The molecule has 1 aliphatic rings. The van der Waals surface area contributed by atoms with Crippen LogP contribution in [0, 0.1) is 0 Å². The molecule has 0 radical (unpaired) electrons. The number of hydrogen-bond donors (Lipinski definition) is 1. The second kappa shape index (κ2) is 9.56. The van der Waals surface area contributed by atoms with E-state index in [1.54, 1.807) is 18.2 Å². The first-order valence-electron chi connectivity index (χ1n) is 10.7. The molecule has 4 rings (SSSR count). The number of carbonyl (C=O) groups excluding carboxylic acids is 1. The molecule has 0 aliphatic carbocycles. The van der Waals surface area contributed by atoms with Crippen molar-refractivity contribution >= 4 is 5.91 Å². The molecule has 1 fully saturated rings. The van der Waals surface area contributed by atoms with Crippen LogP contribution < -0.4 is 5.32 Å². The van der Waals surface area contributed by atoms with Crippen LogP contribution in [0.1, 0.15) is 46.4 Å². The molecule has 1 amide bonds. The van der Waals surface area contributed by atoms with E-state index in [1.165, 1.54) is 37.0 Å². The van der Waals surface area contributed by atoms with Crippen molar-refractivity contribution in [3.05, 3.63) is 83.2 Å². The fraction of sp³-hybridized carbons (Fsp3) is 0.333. The SMILES string of the molecule is O=C(NCc1ccc(CN2CCCCC2)cc1)c1cnn(-c2ccccc2)c1C(F)(F)F. The molecule has 168 valence electrons. The molecule has 0 unspecified atom stereocenters. The monoisotopic (exact) mass is 442 g/mol. The van der Waals surface area contributed by atoms with E-state index >= 15 is 0 Å². The van der Waals surface area contributed by atoms with Crippen molar-refractivity contribution in [2.24, 2.45) is 0 Å². The Morgan fingerprint density at radius 3 is 2.25 bits per heavy atom. The summed E-state index contributed by atoms with van der Waals surface area (Å²) in [5.41, 5.74) is 0.666. The molecule has 1 saturated heterocycles. The molecule has 1 aliphatic heterocycles. The van der Waals surface area contributed by atoms with E-state index in [0.29, 0.717) is 0 Å². The second-order valence-corrected chi connectivity index (χ2v) is 7.99. The molecule has 32 heavy (non-hydrogen) atoms. The first kappa shape index (κ1) is 22.1. The topological polar surface area (TPSA) is 50.2 Å². The summed E-state index contributed by atoms with van der Waals surface area (Å²) in [4.78, 5) is 15.0. The number of benzene rings is 2. The molecular formula is C24H25F3N4O. The summed E-state index contributed by atoms with van der Waals surface area (Å²) in [6, 6.07) is 15.8. The van der Waals surface area contributed by atoms with Crippen LogP contribution in [0.15, 0.2) is 60.8 Å². The summed E-state index contributed by atoms with van der Waals surface area (Å²) >= 11 is 0. The number of aromatic nitrogens is 2. The van der Waals surface area contributed by atoms with E-state index < -0.39 is 23.3 Å². The Morgan fingerprint density at radius 1 is 0.938 bits per heavy atom. The molecular weight excluding hydrogens is 417 g/mol. The van der Waals surface area contributed by atoms with Gasteiger partial charge in [0.1, 0.15) is 0 Å². The largest absolute Gasteiger partial charge is 0.434 e. The predicted octanol–water partition coefficient (Wildman–Crippen LogP) is 4.81. The molecule has 0 spiro atoms. The maximum absolute atomic E-state index is 13.7. The van der Waals surface area contributed by atoms with Gasteiger partial charge < -0.3 is 5.32 Å². The van der Waals surface area contributed by atoms with Gasteiger partial charge in [0, 0.05) is 13.1 Å². The van der Waals surface area contributed by atoms with Crippen LogP contribution in [0.25, 0.3) is 5.69 Å². The Labute approximate surface area is 184 Å². The standard InChI is InChI=1S/C24H25F3N4O/c25-24(26,27)22-21(16-29-31(22)20-7-3-1-4-8-20)23(32)28-15-18-9-11-19(12-10-18)17-30-13-5-2-6-14-30/h1,3-4,7-12,16H,2,5-6,13-15,17H2,(H,28,32). The highest BCUT2D eigenvalue weighted by Gasteiger charge is 2.40. The number of halogens is 3. The molecule has 1 aromatic heterocycles. The maximum Gasteiger partial charge on any atom is 0.434 e. The van der Waals surface area contributed by atoms with Gasteiger partial charge in [0.05, 0.1) is 17.4 Å². The number of para-hydroxylation sites is 1. The van der Waals surface area contributed by atoms with Gasteiger partial charge in [-0.25, -0.2) is 4.68 Å². The van der Waals surface area contributed by atoms with Crippen LogP contribution in [0.2, 0.25) is 0 Å². The zero-order chi connectivity index (χ0) is 22.6. The molecule has 1 N–H and O–H groups in total. The Balaban J connectivity index is 1.43. The zero-order valence-corrected chi connectivity index (χ0v) is 17.6. The summed E-state index contributed by atoms with van der Waals surface area (Å²) in [6.07, 6.45) is -0.0206. The minimum absolute atomic E-state index is 0.136. The molecule has 5 nitrogen and oxygen atoms in total. The molecule has 0 atom stereocenters. The number of piperidine rings is 1. The number of carbonyl (C=O) groups is 1. The first-order valence-corrected chi connectivity index (χ1v) is 10.7. The van der Waals surface area contributed by atoms with Crippen molar-refractivity contribution in [3.8, 4) is 5.69 Å². The average Bonchev–Trinajstić information content (AvgIpc) is 3.26. The number of alkyl halides is 3. The third-order valence-electron chi connectivity index (χ3n) is 5.61. The van der Waals surface area contributed by atoms with Gasteiger partial charge in [0.25, 0.3) is 5.91 Å². The van der Waals surface area contributed by atoms with Crippen molar-refractivity contribution in [1.82, 2.24) is 20.0 Å². The lowest BCUT2D eigenvalue weighted by Gasteiger charge is -2.26. The fourth-order valence-corrected chi connectivity index (χ4v) is 3.97. The first-order chi connectivity index (χ1) is 15.4. The predicted molar refractivity (Wildman–Crippen MR) is 115 cm³/mol. The summed E-state index contributed by atoms with van der Waals surface area (Å²) in [5, 5.41) is 6.42. The maximum atomic E-state index is 13.7. The Morgan fingerprint density at radius 2 is 1.59 bits per heavy atom. The number of amides is 1. The van der Waals surface area contributed by atoms with E-state index in [4.69, 9.17) is 0 Å². The summed E-state index contributed by atoms with van der Waals surface area (Å²) in [5.74, 6) is -0.808. The van der Waals surface area contributed by atoms with E-state index in [2.05, 4.69) is 15.3 Å². The highest BCUT2D eigenvalue weighted by molar-refractivity contribution is 5.95. The van der Waals surface area contributed by atoms with Crippen molar-refractivity contribution in [1.29, 1.82) is 0 Å². The minimum atomic E-state index is -4.73. The third kappa shape index (κ3) is 5.19. The van der Waals surface area contributed by atoms with Gasteiger partial charge in [-0.05, 0) is 49.2 Å². The number of hydrogen-bond acceptors (Lipinski definition) is 3. The highest BCUT2D eigenvalue weighted by Crippen LogP contribution is 2.33. The van der Waals surface area contributed by atoms with Gasteiger partial charge >= 0.3 is 6.18 Å². The van der Waals surface area contributed by atoms with Crippen LogP contribution in [0.3, 0.4) is 0 Å². The number of likely N-dealkylation sites (tertiary alicyclic amines) is 1. The van der Waals surface area contributed by atoms with E-state index in [-0.39, 0.29) is 12.2 Å². The minimum Gasteiger partial charge on any atom is -0.348 e. The van der Waals surface area contributed by atoms with Crippen LogP contribution in [0.4, 0.5) is 13.2 Å². The molecule has 0 bridgehead atoms.